The Kier molecular flexibility index (Phi) is 8.93. The van der Waals surface area contributed by atoms with Crippen LogP contribution in [0.3, 0.4) is 0 Å². The number of ether oxygens (including phenoxy) is 1. The molecule has 5 nitrogen and oxygen atoms in total. The summed E-state index contributed by atoms with van der Waals surface area (Å²) in [6.45, 7) is 5.60. The third-order valence-corrected chi connectivity index (χ3v) is 5.14. The van der Waals surface area contributed by atoms with E-state index in [4.69, 9.17) is 27.9 Å². The molecule has 1 N–H and O–H groups in total. The van der Waals surface area contributed by atoms with Crippen LogP contribution in [0, 0.1) is 11.7 Å². The first kappa shape index (κ1) is 24.0. The van der Waals surface area contributed by atoms with Gasteiger partial charge in [0.25, 0.3) is 5.91 Å². The quantitative estimate of drug-likeness (QED) is 0.597. The molecule has 2 amide bonds. The maximum absolute atomic E-state index is 13.8. The number of para-hydroxylation sites is 1. The number of carbonyl (C=O) groups is 2. The Balaban J connectivity index is 2.22. The fourth-order valence-corrected chi connectivity index (χ4v) is 3.19. The van der Waals surface area contributed by atoms with Crippen molar-refractivity contribution in [2.45, 2.75) is 33.4 Å². The summed E-state index contributed by atoms with van der Waals surface area (Å²) < 4.78 is 19.1. The molecule has 0 unspecified atom stereocenters. The highest BCUT2D eigenvalue weighted by molar-refractivity contribution is 6.36. The van der Waals surface area contributed by atoms with E-state index in [1.165, 1.54) is 23.1 Å². The number of hydrogen-bond donors (Lipinski definition) is 1. The molecule has 0 radical (unpaired) electrons. The first-order chi connectivity index (χ1) is 14.2. The molecule has 1 atom stereocenters. The van der Waals surface area contributed by atoms with E-state index in [1.54, 1.807) is 31.2 Å². The van der Waals surface area contributed by atoms with Crippen LogP contribution in [0.15, 0.2) is 42.5 Å². The Labute approximate surface area is 186 Å². The fraction of sp³-hybridized carbons (Fsp3) is 0.364. The van der Waals surface area contributed by atoms with Crippen molar-refractivity contribution in [3.05, 3.63) is 63.9 Å². The van der Waals surface area contributed by atoms with Crippen LogP contribution in [0.5, 0.6) is 5.75 Å². The molecule has 0 fully saturated rings. The lowest BCUT2D eigenvalue weighted by molar-refractivity contribution is -0.142. The van der Waals surface area contributed by atoms with Crippen molar-refractivity contribution in [1.82, 2.24) is 10.2 Å². The molecule has 0 aliphatic carbocycles. The number of amides is 2. The van der Waals surface area contributed by atoms with E-state index in [0.29, 0.717) is 22.2 Å². The summed E-state index contributed by atoms with van der Waals surface area (Å²) in [5.41, 5.74) is 0.517. The van der Waals surface area contributed by atoms with Gasteiger partial charge in [-0.15, -0.1) is 0 Å². The highest BCUT2D eigenvalue weighted by Crippen LogP contribution is 2.26. The van der Waals surface area contributed by atoms with Crippen LogP contribution >= 0.6 is 23.2 Å². The molecule has 0 spiro atoms. The number of halogens is 3. The Bertz CT molecular complexity index is 872. The molecule has 0 saturated carbocycles. The Morgan fingerprint density at radius 2 is 1.70 bits per heavy atom. The second-order valence-corrected chi connectivity index (χ2v) is 8.07. The van der Waals surface area contributed by atoms with Crippen LogP contribution in [0.2, 0.25) is 10.0 Å². The van der Waals surface area contributed by atoms with Gasteiger partial charge >= 0.3 is 0 Å². The number of nitrogens with zero attached hydrogens (tertiary/aromatic N) is 1. The highest BCUT2D eigenvalue weighted by atomic mass is 35.5. The average molecular weight is 455 g/mol. The molecule has 162 valence electrons. The molecule has 0 aromatic heterocycles. The van der Waals surface area contributed by atoms with E-state index in [0.717, 1.165) is 0 Å². The van der Waals surface area contributed by atoms with Gasteiger partial charge in [-0.25, -0.2) is 4.39 Å². The summed E-state index contributed by atoms with van der Waals surface area (Å²) in [7, 11) is 0. The highest BCUT2D eigenvalue weighted by Gasteiger charge is 2.28. The van der Waals surface area contributed by atoms with Crippen molar-refractivity contribution in [3.8, 4) is 5.75 Å². The van der Waals surface area contributed by atoms with Crippen molar-refractivity contribution < 1.29 is 18.7 Å². The van der Waals surface area contributed by atoms with Gasteiger partial charge in [0.1, 0.15) is 6.04 Å². The maximum Gasteiger partial charge on any atom is 0.261 e. The molecule has 0 saturated heterocycles. The molecule has 2 aromatic rings. The zero-order chi connectivity index (χ0) is 22.3. The van der Waals surface area contributed by atoms with Gasteiger partial charge in [-0.1, -0.05) is 55.2 Å². The normalized spacial score (nSPS) is 11.8. The lowest BCUT2D eigenvalue weighted by Crippen LogP contribution is -2.49. The molecular formula is C22H25Cl2FN2O3. The Morgan fingerprint density at radius 1 is 1.07 bits per heavy atom. The lowest BCUT2D eigenvalue weighted by Gasteiger charge is -2.29. The van der Waals surface area contributed by atoms with Gasteiger partial charge in [-0.2, -0.15) is 0 Å². The van der Waals surface area contributed by atoms with Crippen molar-refractivity contribution >= 4 is 35.0 Å². The predicted molar refractivity (Wildman–Crippen MR) is 116 cm³/mol. The zero-order valence-corrected chi connectivity index (χ0v) is 18.6. The molecule has 2 aromatic carbocycles. The monoisotopic (exact) mass is 454 g/mol. The topological polar surface area (TPSA) is 58.6 Å². The maximum atomic E-state index is 13.8. The standard InChI is InChI=1S/C22H25Cl2FN2O3/c1-14(2)11-26-22(29)15(3)27(12-16-17(23)7-6-8-18(16)24)21(28)13-30-20-10-5-4-9-19(20)25/h4-10,14-15H,11-13H2,1-3H3,(H,26,29)/t15-/m1/s1. The molecule has 0 aliphatic rings. The number of benzene rings is 2. The van der Waals surface area contributed by atoms with E-state index in [-0.39, 0.29) is 24.1 Å². The lowest BCUT2D eigenvalue weighted by atomic mass is 10.1. The van der Waals surface area contributed by atoms with E-state index in [9.17, 15) is 14.0 Å². The van der Waals surface area contributed by atoms with E-state index in [1.807, 2.05) is 13.8 Å². The summed E-state index contributed by atoms with van der Waals surface area (Å²) >= 11 is 12.5. The summed E-state index contributed by atoms with van der Waals surface area (Å²) in [5.74, 6) is -1.17. The first-order valence-corrected chi connectivity index (χ1v) is 10.3. The van der Waals surface area contributed by atoms with Crippen LogP contribution in [0.1, 0.15) is 26.3 Å². The van der Waals surface area contributed by atoms with Crippen LogP contribution in [0.4, 0.5) is 4.39 Å². The van der Waals surface area contributed by atoms with Gasteiger partial charge in [-0.05, 0) is 37.1 Å². The van der Waals surface area contributed by atoms with Crippen LogP contribution in [0.25, 0.3) is 0 Å². The smallest absolute Gasteiger partial charge is 0.261 e. The van der Waals surface area contributed by atoms with Crippen molar-refractivity contribution in [1.29, 1.82) is 0 Å². The first-order valence-electron chi connectivity index (χ1n) is 9.58. The van der Waals surface area contributed by atoms with Gasteiger partial charge in [-0.3, -0.25) is 9.59 Å². The molecule has 0 heterocycles. The summed E-state index contributed by atoms with van der Waals surface area (Å²) in [6, 6.07) is 9.99. The fourth-order valence-electron chi connectivity index (χ4n) is 2.67. The molecule has 30 heavy (non-hydrogen) atoms. The van der Waals surface area contributed by atoms with E-state index < -0.39 is 24.4 Å². The Morgan fingerprint density at radius 3 is 2.30 bits per heavy atom. The van der Waals surface area contributed by atoms with Gasteiger partial charge in [0, 0.05) is 28.7 Å². The van der Waals surface area contributed by atoms with Gasteiger partial charge in [0.05, 0.1) is 0 Å². The summed E-state index contributed by atoms with van der Waals surface area (Å²) in [4.78, 5) is 26.9. The third kappa shape index (κ3) is 6.61. The molecule has 8 heteroatoms. The summed E-state index contributed by atoms with van der Waals surface area (Å²) in [6.07, 6.45) is 0. The second-order valence-electron chi connectivity index (χ2n) is 7.26. The molecule has 0 aliphatic heterocycles. The minimum absolute atomic E-state index is 0.00817. The predicted octanol–water partition coefficient (Wildman–Crippen LogP) is 4.70. The number of nitrogens with one attached hydrogen (secondary N) is 1. The van der Waals surface area contributed by atoms with Crippen molar-refractivity contribution in [3.63, 3.8) is 0 Å². The van der Waals surface area contributed by atoms with Crippen molar-refractivity contribution in [2.75, 3.05) is 13.2 Å². The van der Waals surface area contributed by atoms with Gasteiger partial charge < -0.3 is 15.0 Å². The van der Waals surface area contributed by atoms with Crippen LogP contribution in [-0.2, 0) is 16.1 Å². The minimum atomic E-state index is -0.812. The largest absolute Gasteiger partial charge is 0.481 e. The van der Waals surface area contributed by atoms with E-state index in [2.05, 4.69) is 5.32 Å². The number of carbonyl (C=O) groups excluding carboxylic acids is 2. The molecule has 2 rings (SSSR count). The zero-order valence-electron chi connectivity index (χ0n) is 17.1. The second kappa shape index (κ2) is 11.2. The number of rotatable bonds is 9. The SMILES string of the molecule is CC(C)CNC(=O)[C@@H](C)N(Cc1c(Cl)cccc1Cl)C(=O)COc1ccccc1F. The van der Waals surface area contributed by atoms with Crippen LogP contribution in [-0.4, -0.2) is 35.9 Å². The minimum Gasteiger partial charge on any atom is -0.481 e. The molecule has 0 bridgehead atoms. The third-order valence-electron chi connectivity index (χ3n) is 4.43. The van der Waals surface area contributed by atoms with E-state index >= 15 is 0 Å². The van der Waals surface area contributed by atoms with Gasteiger partial charge in [0.15, 0.2) is 18.2 Å². The molecular weight excluding hydrogens is 430 g/mol. The van der Waals surface area contributed by atoms with Crippen molar-refractivity contribution in [2.24, 2.45) is 5.92 Å². The number of hydrogen-bond acceptors (Lipinski definition) is 3. The summed E-state index contributed by atoms with van der Waals surface area (Å²) in [5, 5.41) is 3.57. The van der Waals surface area contributed by atoms with Gasteiger partial charge in [0.2, 0.25) is 5.91 Å². The Hall–Kier alpha value is -2.31. The van der Waals surface area contributed by atoms with Crippen LogP contribution < -0.4 is 10.1 Å². The average Bonchev–Trinajstić information content (AvgIpc) is 2.70.